The highest BCUT2D eigenvalue weighted by Gasteiger charge is 2.18. The summed E-state index contributed by atoms with van der Waals surface area (Å²) in [4.78, 5) is 30.6. The van der Waals surface area contributed by atoms with Gasteiger partial charge in [0, 0.05) is 37.1 Å². The van der Waals surface area contributed by atoms with E-state index >= 15 is 0 Å². The van der Waals surface area contributed by atoms with Gasteiger partial charge in [-0.15, -0.1) is 5.10 Å². The summed E-state index contributed by atoms with van der Waals surface area (Å²) >= 11 is 0. The molecule has 13 heteroatoms. The third-order valence-corrected chi connectivity index (χ3v) is 5.50. The molecule has 0 atom stereocenters. The summed E-state index contributed by atoms with van der Waals surface area (Å²) in [6.07, 6.45) is 2.80. The number of halogens is 2. The second-order valence-corrected chi connectivity index (χ2v) is 8.13. The average molecular weight is 521 g/mol. The number of aromatic nitrogens is 4. The minimum atomic E-state index is -0.728. The Morgan fingerprint density at radius 3 is 2.53 bits per heavy atom. The number of carbonyl (C=O) groups excluding carboxylic acids is 2. The summed E-state index contributed by atoms with van der Waals surface area (Å²) in [5.41, 5.74) is 0.674. The van der Waals surface area contributed by atoms with Gasteiger partial charge in [-0.3, -0.25) is 10.1 Å². The standard InChI is InChI=1S/C25H21F2N7O4/c26-16-1-4-18(5-2-16)34-15-21(31-32-34)24(35)29-17-3-6-22(20(27)13-17)38-19-7-8-28-23(14-19)30-25(36)33-9-11-37-12-10-33/h1-8,13-15H,9-12H2,(H,29,35)(H,28,30,36). The Morgan fingerprint density at radius 2 is 1.76 bits per heavy atom. The first-order chi connectivity index (χ1) is 18.4. The predicted octanol–water partition coefficient (Wildman–Crippen LogP) is 3.85. The summed E-state index contributed by atoms with van der Waals surface area (Å²) < 4.78 is 40.0. The van der Waals surface area contributed by atoms with Gasteiger partial charge in [0.25, 0.3) is 5.91 Å². The van der Waals surface area contributed by atoms with Crippen LogP contribution in [0.3, 0.4) is 0 Å². The second kappa shape index (κ2) is 11.0. The number of morpholine rings is 1. The molecule has 38 heavy (non-hydrogen) atoms. The van der Waals surface area contributed by atoms with Crippen LogP contribution in [-0.2, 0) is 4.74 Å². The van der Waals surface area contributed by atoms with Gasteiger partial charge in [0.05, 0.1) is 25.1 Å². The minimum Gasteiger partial charge on any atom is -0.454 e. The average Bonchev–Trinajstić information content (AvgIpc) is 3.42. The van der Waals surface area contributed by atoms with Crippen LogP contribution in [0.1, 0.15) is 10.5 Å². The molecule has 4 aromatic rings. The lowest BCUT2D eigenvalue weighted by Crippen LogP contribution is -2.43. The molecule has 2 N–H and O–H groups in total. The molecule has 1 fully saturated rings. The first-order valence-electron chi connectivity index (χ1n) is 11.5. The van der Waals surface area contributed by atoms with Gasteiger partial charge >= 0.3 is 6.03 Å². The zero-order valence-corrected chi connectivity index (χ0v) is 19.8. The van der Waals surface area contributed by atoms with E-state index in [-0.39, 0.29) is 34.7 Å². The number of hydrogen-bond donors (Lipinski definition) is 2. The predicted molar refractivity (Wildman–Crippen MR) is 131 cm³/mol. The number of amides is 3. The Morgan fingerprint density at radius 1 is 0.974 bits per heavy atom. The van der Waals surface area contributed by atoms with Crippen LogP contribution >= 0.6 is 0 Å². The van der Waals surface area contributed by atoms with Gasteiger partial charge in [0.15, 0.2) is 17.3 Å². The third-order valence-electron chi connectivity index (χ3n) is 5.50. The van der Waals surface area contributed by atoms with Crippen molar-refractivity contribution in [1.29, 1.82) is 0 Å². The van der Waals surface area contributed by atoms with Crippen molar-refractivity contribution in [3.8, 4) is 17.2 Å². The molecule has 0 aliphatic carbocycles. The van der Waals surface area contributed by atoms with Crippen LogP contribution in [0.4, 0.5) is 25.1 Å². The van der Waals surface area contributed by atoms with E-state index in [1.807, 2.05) is 0 Å². The molecule has 194 valence electrons. The van der Waals surface area contributed by atoms with Crippen LogP contribution in [0.15, 0.2) is 67.0 Å². The van der Waals surface area contributed by atoms with Crippen LogP contribution in [0.5, 0.6) is 11.5 Å². The van der Waals surface area contributed by atoms with Crippen molar-refractivity contribution < 1.29 is 27.8 Å². The normalized spacial score (nSPS) is 13.2. The molecule has 1 aliphatic rings. The van der Waals surface area contributed by atoms with Crippen molar-refractivity contribution in [3.05, 3.63) is 84.3 Å². The molecule has 1 saturated heterocycles. The number of benzene rings is 2. The highest BCUT2D eigenvalue weighted by Crippen LogP contribution is 2.28. The number of hydrogen-bond acceptors (Lipinski definition) is 7. The second-order valence-electron chi connectivity index (χ2n) is 8.13. The van der Waals surface area contributed by atoms with Crippen molar-refractivity contribution in [2.24, 2.45) is 0 Å². The molecule has 5 rings (SSSR count). The van der Waals surface area contributed by atoms with E-state index in [2.05, 4.69) is 25.9 Å². The quantitative estimate of drug-likeness (QED) is 0.395. The van der Waals surface area contributed by atoms with E-state index in [9.17, 15) is 18.4 Å². The highest BCUT2D eigenvalue weighted by molar-refractivity contribution is 6.02. The molecule has 0 unspecified atom stereocenters. The molecule has 0 bridgehead atoms. The van der Waals surface area contributed by atoms with Crippen molar-refractivity contribution in [3.63, 3.8) is 0 Å². The summed E-state index contributed by atoms with van der Waals surface area (Å²) in [6, 6.07) is 12.1. The molecule has 0 spiro atoms. The Hall–Kier alpha value is -4.91. The number of ether oxygens (including phenoxy) is 2. The van der Waals surface area contributed by atoms with Crippen molar-refractivity contribution >= 4 is 23.4 Å². The number of urea groups is 1. The minimum absolute atomic E-state index is 0.0153. The Kier molecular flexibility index (Phi) is 7.17. The lowest BCUT2D eigenvalue weighted by molar-refractivity contribution is 0.0564. The first kappa shape index (κ1) is 24.8. The summed E-state index contributed by atoms with van der Waals surface area (Å²) in [7, 11) is 0. The molecular formula is C25H21F2N7O4. The number of anilines is 2. The van der Waals surface area contributed by atoms with Crippen molar-refractivity contribution in [2.45, 2.75) is 0 Å². The van der Waals surface area contributed by atoms with Crippen LogP contribution in [0.25, 0.3) is 5.69 Å². The highest BCUT2D eigenvalue weighted by atomic mass is 19.1. The molecule has 3 heterocycles. The Bertz CT molecular complexity index is 1460. The van der Waals surface area contributed by atoms with Crippen LogP contribution in [0, 0.1) is 11.6 Å². The fourth-order valence-electron chi connectivity index (χ4n) is 3.57. The van der Waals surface area contributed by atoms with Gasteiger partial charge in [-0.2, -0.15) is 0 Å². The smallest absolute Gasteiger partial charge is 0.323 e. The van der Waals surface area contributed by atoms with Crippen LogP contribution < -0.4 is 15.4 Å². The largest absolute Gasteiger partial charge is 0.454 e. The van der Waals surface area contributed by atoms with E-state index in [0.717, 1.165) is 6.07 Å². The molecule has 3 amide bonds. The SMILES string of the molecule is O=C(Nc1ccc(Oc2ccnc(NC(=O)N3CCOCC3)c2)c(F)c1)c1cn(-c2ccc(F)cc2)nn1. The number of rotatable bonds is 6. The van der Waals surface area contributed by atoms with Crippen molar-refractivity contribution in [2.75, 3.05) is 36.9 Å². The van der Waals surface area contributed by atoms with Crippen LogP contribution in [-0.4, -0.2) is 63.1 Å². The number of carbonyl (C=O) groups is 2. The fourth-order valence-corrected chi connectivity index (χ4v) is 3.57. The van der Waals surface area contributed by atoms with E-state index in [0.29, 0.717) is 32.0 Å². The maximum atomic E-state index is 14.8. The van der Waals surface area contributed by atoms with Gasteiger partial charge in [-0.1, -0.05) is 5.21 Å². The topological polar surface area (TPSA) is 124 Å². The maximum Gasteiger partial charge on any atom is 0.323 e. The lowest BCUT2D eigenvalue weighted by Gasteiger charge is -2.26. The summed E-state index contributed by atoms with van der Waals surface area (Å²) in [6.45, 7) is 1.89. The number of nitrogens with one attached hydrogen (secondary N) is 2. The Balaban J connectivity index is 1.21. The Labute approximate surface area is 215 Å². The molecule has 0 saturated carbocycles. The molecule has 2 aromatic carbocycles. The fraction of sp³-hybridized carbons (Fsp3) is 0.160. The first-order valence-corrected chi connectivity index (χ1v) is 11.5. The van der Waals surface area contributed by atoms with Crippen LogP contribution in [0.2, 0.25) is 0 Å². The molecule has 0 radical (unpaired) electrons. The molecular weight excluding hydrogens is 500 g/mol. The summed E-state index contributed by atoms with van der Waals surface area (Å²) in [5, 5.41) is 12.9. The summed E-state index contributed by atoms with van der Waals surface area (Å²) in [5.74, 6) is -1.33. The van der Waals surface area contributed by atoms with Crippen molar-refractivity contribution in [1.82, 2.24) is 24.9 Å². The van der Waals surface area contributed by atoms with Gasteiger partial charge in [0.1, 0.15) is 17.4 Å². The third kappa shape index (κ3) is 5.90. The van der Waals surface area contributed by atoms with E-state index in [1.54, 1.807) is 4.90 Å². The van der Waals surface area contributed by atoms with E-state index in [1.165, 1.54) is 65.6 Å². The monoisotopic (exact) mass is 521 g/mol. The molecule has 1 aliphatic heterocycles. The maximum absolute atomic E-state index is 14.8. The number of nitrogens with zero attached hydrogens (tertiary/aromatic N) is 5. The lowest BCUT2D eigenvalue weighted by atomic mass is 10.2. The molecule has 2 aromatic heterocycles. The van der Waals surface area contributed by atoms with Gasteiger partial charge in [-0.05, 0) is 42.5 Å². The number of pyridine rings is 1. The van der Waals surface area contributed by atoms with E-state index in [4.69, 9.17) is 9.47 Å². The van der Waals surface area contributed by atoms with Gasteiger partial charge < -0.3 is 19.7 Å². The van der Waals surface area contributed by atoms with Gasteiger partial charge in [-0.25, -0.2) is 23.2 Å². The van der Waals surface area contributed by atoms with Gasteiger partial charge in [0.2, 0.25) is 0 Å². The zero-order valence-electron chi connectivity index (χ0n) is 19.8. The molecule has 11 nitrogen and oxygen atoms in total. The zero-order chi connectivity index (χ0) is 26.5. The van der Waals surface area contributed by atoms with E-state index < -0.39 is 17.5 Å².